The first-order valence-electron chi connectivity index (χ1n) is 20.1. The molecule has 0 bridgehead atoms. The molecule has 11 rings (SSSR count). The van der Waals surface area contributed by atoms with Crippen LogP contribution in [0.4, 0.5) is 0 Å². The van der Waals surface area contributed by atoms with Crippen molar-refractivity contribution in [2.24, 2.45) is 0 Å². The first kappa shape index (κ1) is 33.1. The van der Waals surface area contributed by atoms with Gasteiger partial charge < -0.3 is 0 Å². The van der Waals surface area contributed by atoms with Crippen molar-refractivity contribution < 1.29 is 0 Å². The number of fused-ring (bicyclic) bond motifs is 6. The minimum atomic E-state index is 0.0444. The quantitative estimate of drug-likeness (QED) is 0.126. The Labute approximate surface area is 329 Å². The van der Waals surface area contributed by atoms with E-state index in [0.29, 0.717) is 0 Å². The third-order valence-corrected chi connectivity index (χ3v) is 12.6. The van der Waals surface area contributed by atoms with E-state index >= 15 is 0 Å². The van der Waals surface area contributed by atoms with Crippen molar-refractivity contribution in [1.29, 1.82) is 0 Å². The van der Waals surface area contributed by atoms with Gasteiger partial charge in [-0.3, -0.25) is 0 Å². The van der Waals surface area contributed by atoms with Crippen LogP contribution in [0.2, 0.25) is 0 Å². The van der Waals surface area contributed by atoms with Gasteiger partial charge in [-0.15, -0.1) is 0 Å². The van der Waals surface area contributed by atoms with Crippen LogP contribution in [-0.4, -0.2) is 0 Å². The molecule has 0 amide bonds. The maximum absolute atomic E-state index is 2.44. The summed E-state index contributed by atoms with van der Waals surface area (Å²) >= 11 is 0. The zero-order valence-electron chi connectivity index (χ0n) is 33.0. The van der Waals surface area contributed by atoms with Crippen LogP contribution < -0.4 is 0 Å². The minimum Gasteiger partial charge on any atom is -0.0622 e. The van der Waals surface area contributed by atoms with Crippen LogP contribution in [-0.2, 0) is 10.8 Å². The highest BCUT2D eigenvalue weighted by Crippen LogP contribution is 2.59. The van der Waals surface area contributed by atoms with Crippen molar-refractivity contribution in [2.45, 2.75) is 52.4 Å². The minimum absolute atomic E-state index is 0.0444. The monoisotopic (exact) mass is 716 g/mol. The lowest BCUT2D eigenvalue weighted by molar-refractivity contribution is 0.569. The van der Waals surface area contributed by atoms with Crippen molar-refractivity contribution in [3.63, 3.8) is 0 Å². The molecule has 1 aliphatic carbocycles. The summed E-state index contributed by atoms with van der Waals surface area (Å²) in [6.45, 7) is 14.0. The molecule has 0 heteroatoms. The van der Waals surface area contributed by atoms with Crippen molar-refractivity contribution in [3.8, 4) is 55.6 Å². The van der Waals surface area contributed by atoms with Crippen molar-refractivity contribution >= 4 is 53.9 Å². The molecule has 0 spiro atoms. The summed E-state index contributed by atoms with van der Waals surface area (Å²) in [5.74, 6) is 0. The maximum atomic E-state index is 2.44. The van der Waals surface area contributed by atoms with Crippen LogP contribution in [0.1, 0.15) is 52.7 Å². The molecular formula is C56H44. The van der Waals surface area contributed by atoms with Gasteiger partial charge in [0.15, 0.2) is 0 Å². The van der Waals surface area contributed by atoms with Gasteiger partial charge in [-0.25, -0.2) is 0 Å². The second-order valence-electron chi connectivity index (χ2n) is 18.0. The summed E-state index contributed by atoms with van der Waals surface area (Å²) < 4.78 is 0. The fourth-order valence-corrected chi connectivity index (χ4v) is 9.90. The van der Waals surface area contributed by atoms with Gasteiger partial charge in [0.1, 0.15) is 0 Å². The van der Waals surface area contributed by atoms with Crippen LogP contribution in [0.25, 0.3) is 109 Å². The summed E-state index contributed by atoms with van der Waals surface area (Å²) in [6, 6.07) is 59.9. The van der Waals surface area contributed by atoms with Crippen molar-refractivity contribution in [1.82, 2.24) is 0 Å². The summed E-state index contributed by atoms with van der Waals surface area (Å²) in [5.41, 5.74) is 16.0. The standard InChI is InChI=1S/C56H44/c1-55(2,3)36-30-35(31-37(32-36)56(4,5)6)38-24-25-43-45-27-29-47-52-46(28-26-44(51(45)52)42-23-15-22-39(38)50(42)43)53-48(33-16-9-7-10-17-33)40-20-13-14-21-41(40)49(54(47)53)34-18-11-8-12-19-34/h7-32H,1-6H3. The van der Waals surface area contributed by atoms with Crippen LogP contribution in [0.15, 0.2) is 158 Å². The largest absolute Gasteiger partial charge is 0.0622 e. The van der Waals surface area contributed by atoms with Gasteiger partial charge in [0.25, 0.3) is 0 Å². The molecule has 0 aromatic heterocycles. The van der Waals surface area contributed by atoms with E-state index in [0.717, 1.165) is 0 Å². The van der Waals surface area contributed by atoms with Crippen LogP contribution in [0, 0.1) is 0 Å². The predicted molar refractivity (Wildman–Crippen MR) is 243 cm³/mol. The summed E-state index contributed by atoms with van der Waals surface area (Å²) in [7, 11) is 0. The maximum Gasteiger partial charge on any atom is -0.000740 e. The van der Waals surface area contributed by atoms with Gasteiger partial charge in [-0.05, 0) is 131 Å². The van der Waals surface area contributed by atoms with E-state index in [2.05, 4.69) is 199 Å². The zero-order chi connectivity index (χ0) is 38.1. The molecule has 10 aromatic rings. The predicted octanol–water partition coefficient (Wildman–Crippen LogP) is 16.1. The molecule has 10 aromatic carbocycles. The molecule has 1 aliphatic rings. The summed E-state index contributed by atoms with van der Waals surface area (Å²) in [5, 5.41) is 13.3. The van der Waals surface area contributed by atoms with Crippen LogP contribution >= 0.6 is 0 Å². The van der Waals surface area contributed by atoms with Gasteiger partial charge in [0.2, 0.25) is 0 Å². The Balaban J connectivity index is 1.25. The SMILES string of the molecule is CC(C)(C)c1cc(-c2ccc3c4ccc5c6c(ccc(c7cccc2c73)c64)-c2c-5c(-c3ccccc3)c3ccccc3c2-c2ccccc2)cc(C(C)(C)C)c1. The van der Waals surface area contributed by atoms with E-state index in [1.165, 1.54) is 121 Å². The van der Waals surface area contributed by atoms with Crippen molar-refractivity contribution in [2.75, 3.05) is 0 Å². The van der Waals surface area contributed by atoms with Gasteiger partial charge in [-0.2, -0.15) is 0 Å². The number of hydrogen-bond donors (Lipinski definition) is 0. The van der Waals surface area contributed by atoms with E-state index in [1.807, 2.05) is 0 Å². The Kier molecular flexibility index (Phi) is 6.88. The fraction of sp³-hybridized carbons (Fsp3) is 0.143. The lowest BCUT2D eigenvalue weighted by atomic mass is 9.78. The van der Waals surface area contributed by atoms with Crippen LogP contribution in [0.5, 0.6) is 0 Å². The lowest BCUT2D eigenvalue weighted by Gasteiger charge is -2.26. The third-order valence-electron chi connectivity index (χ3n) is 12.6. The molecule has 0 saturated carbocycles. The fourth-order valence-electron chi connectivity index (χ4n) is 9.90. The third kappa shape index (κ3) is 4.66. The topological polar surface area (TPSA) is 0 Å². The van der Waals surface area contributed by atoms with Gasteiger partial charge in [-0.1, -0.05) is 199 Å². The van der Waals surface area contributed by atoms with E-state index in [4.69, 9.17) is 0 Å². The Hall–Kier alpha value is -6.24. The normalized spacial score (nSPS) is 12.8. The van der Waals surface area contributed by atoms with Gasteiger partial charge >= 0.3 is 0 Å². The molecule has 0 N–H and O–H groups in total. The summed E-state index contributed by atoms with van der Waals surface area (Å²) in [4.78, 5) is 0. The van der Waals surface area contributed by atoms with Crippen molar-refractivity contribution in [3.05, 3.63) is 169 Å². The van der Waals surface area contributed by atoms with Crippen LogP contribution in [0.3, 0.4) is 0 Å². The Bertz CT molecular complexity index is 3050. The molecule has 0 unspecified atom stereocenters. The lowest BCUT2D eigenvalue weighted by Crippen LogP contribution is -2.16. The first-order chi connectivity index (χ1) is 27.1. The Morgan fingerprint density at radius 2 is 0.679 bits per heavy atom. The average Bonchev–Trinajstić information content (AvgIpc) is 3.54. The van der Waals surface area contributed by atoms with Gasteiger partial charge in [0.05, 0.1) is 0 Å². The average molecular weight is 717 g/mol. The smallest absolute Gasteiger partial charge is 0.000740 e. The molecule has 0 radical (unpaired) electrons. The highest BCUT2D eigenvalue weighted by atomic mass is 14.3. The number of rotatable bonds is 3. The molecule has 56 heavy (non-hydrogen) atoms. The molecule has 0 nitrogen and oxygen atoms in total. The van der Waals surface area contributed by atoms with E-state index in [1.54, 1.807) is 0 Å². The van der Waals surface area contributed by atoms with Gasteiger partial charge in [0, 0.05) is 0 Å². The molecule has 268 valence electrons. The Morgan fingerprint density at radius 3 is 1.18 bits per heavy atom. The summed E-state index contributed by atoms with van der Waals surface area (Å²) in [6.07, 6.45) is 0. The molecule has 0 fully saturated rings. The molecular weight excluding hydrogens is 673 g/mol. The highest BCUT2D eigenvalue weighted by molar-refractivity contribution is 6.39. The number of hydrogen-bond acceptors (Lipinski definition) is 0. The van der Waals surface area contributed by atoms with E-state index in [9.17, 15) is 0 Å². The molecule has 0 atom stereocenters. The molecule has 0 heterocycles. The zero-order valence-corrected chi connectivity index (χ0v) is 33.0. The number of benzene rings is 10. The molecule has 0 aliphatic heterocycles. The second-order valence-corrected chi connectivity index (χ2v) is 18.0. The highest BCUT2D eigenvalue weighted by Gasteiger charge is 2.32. The van der Waals surface area contributed by atoms with E-state index in [-0.39, 0.29) is 10.8 Å². The van der Waals surface area contributed by atoms with E-state index < -0.39 is 0 Å². The Morgan fingerprint density at radius 1 is 0.268 bits per heavy atom. The second kappa shape index (κ2) is 11.6. The first-order valence-corrected chi connectivity index (χ1v) is 20.1. The molecule has 0 saturated heterocycles.